The molecule has 2 heterocycles. The van der Waals surface area contributed by atoms with E-state index < -0.39 is 0 Å². The first kappa shape index (κ1) is 18.5. The van der Waals surface area contributed by atoms with Gasteiger partial charge in [-0.1, -0.05) is 26.7 Å². The molecule has 0 spiro atoms. The summed E-state index contributed by atoms with van der Waals surface area (Å²) >= 11 is 2.06. The van der Waals surface area contributed by atoms with Crippen molar-refractivity contribution in [2.24, 2.45) is 0 Å². The molecule has 3 rings (SSSR count). The molecule has 0 unspecified atom stereocenters. The molecular formula is C19H29N5S. The molecule has 0 aromatic carbocycles. The van der Waals surface area contributed by atoms with Crippen LogP contribution in [0.3, 0.4) is 0 Å². The monoisotopic (exact) mass is 359 g/mol. The molecule has 1 saturated carbocycles. The van der Waals surface area contributed by atoms with Crippen LogP contribution in [0.1, 0.15) is 56.4 Å². The highest BCUT2D eigenvalue weighted by atomic mass is 32.2. The molecule has 0 amide bonds. The van der Waals surface area contributed by atoms with E-state index in [-0.39, 0.29) is 5.54 Å². The van der Waals surface area contributed by atoms with Crippen LogP contribution in [-0.2, 0) is 12.8 Å². The summed E-state index contributed by atoms with van der Waals surface area (Å²) in [5, 5.41) is 21.9. The lowest BCUT2D eigenvalue weighted by atomic mass is 9.94. The van der Waals surface area contributed by atoms with E-state index in [0.717, 1.165) is 30.6 Å². The summed E-state index contributed by atoms with van der Waals surface area (Å²) < 4.78 is 0. The normalized spacial score (nSPS) is 20.4. The van der Waals surface area contributed by atoms with E-state index in [1.165, 1.54) is 50.3 Å². The smallest absolute Gasteiger partial charge is 0.167 e. The van der Waals surface area contributed by atoms with Crippen LogP contribution < -0.4 is 5.32 Å². The third-order valence-corrected chi connectivity index (χ3v) is 6.70. The Hall–Kier alpha value is -1.32. The Kier molecular flexibility index (Phi) is 6.19. The summed E-state index contributed by atoms with van der Waals surface area (Å²) in [5.74, 6) is 3.14. The van der Waals surface area contributed by atoms with Gasteiger partial charge in [-0.15, -0.1) is 5.10 Å². The molecule has 25 heavy (non-hydrogen) atoms. The molecule has 0 atom stereocenters. The zero-order valence-corrected chi connectivity index (χ0v) is 16.3. The van der Waals surface area contributed by atoms with Gasteiger partial charge in [-0.25, -0.2) is 0 Å². The van der Waals surface area contributed by atoms with E-state index in [1.807, 2.05) is 0 Å². The summed E-state index contributed by atoms with van der Waals surface area (Å²) in [6, 6.07) is 2.38. The molecule has 1 aromatic rings. The van der Waals surface area contributed by atoms with Crippen LogP contribution >= 0.6 is 11.8 Å². The molecule has 1 aromatic heterocycles. The maximum atomic E-state index is 9.68. The lowest BCUT2D eigenvalue weighted by Gasteiger charge is -2.43. The van der Waals surface area contributed by atoms with Gasteiger partial charge in [0.1, 0.15) is 11.6 Å². The van der Waals surface area contributed by atoms with E-state index >= 15 is 0 Å². The number of nitrogens with one attached hydrogen (secondary N) is 1. The van der Waals surface area contributed by atoms with Crippen molar-refractivity contribution in [3.8, 4) is 6.07 Å². The first-order valence-corrected chi connectivity index (χ1v) is 10.7. The Morgan fingerprint density at radius 2 is 1.88 bits per heavy atom. The van der Waals surface area contributed by atoms with E-state index in [9.17, 15) is 5.26 Å². The summed E-state index contributed by atoms with van der Waals surface area (Å²) in [6.45, 7) is 7.38. The molecule has 1 aliphatic heterocycles. The molecule has 5 nitrogen and oxygen atoms in total. The van der Waals surface area contributed by atoms with Crippen molar-refractivity contribution in [3.63, 3.8) is 0 Å². The third kappa shape index (κ3) is 3.78. The van der Waals surface area contributed by atoms with Crippen molar-refractivity contribution in [3.05, 3.63) is 16.8 Å². The number of hydrogen-bond acceptors (Lipinski definition) is 6. The standard InChI is InChI=1S/C19H29N5S/c1-3-15-16(13-20)18(23-22-17(15)4-2)21-14-19(7-5-6-8-19)24-9-11-25-12-10-24/h3-12,14H2,1-2H3,(H,21,23). The molecule has 0 bridgehead atoms. The molecule has 6 heteroatoms. The summed E-state index contributed by atoms with van der Waals surface area (Å²) in [7, 11) is 0. The Labute approximate surface area is 155 Å². The van der Waals surface area contributed by atoms with Gasteiger partial charge in [0.15, 0.2) is 5.82 Å². The van der Waals surface area contributed by atoms with Crippen molar-refractivity contribution >= 4 is 17.6 Å². The van der Waals surface area contributed by atoms with Crippen LogP contribution in [0.25, 0.3) is 0 Å². The highest BCUT2D eigenvalue weighted by Gasteiger charge is 2.40. The fourth-order valence-electron chi connectivity index (χ4n) is 4.34. The second-order valence-corrected chi connectivity index (χ2v) is 8.28. The van der Waals surface area contributed by atoms with E-state index in [4.69, 9.17) is 0 Å². The third-order valence-electron chi connectivity index (χ3n) is 5.76. The SMILES string of the molecule is CCc1nnc(NCC2(N3CCSCC3)CCCC2)c(C#N)c1CC. The lowest BCUT2D eigenvalue weighted by Crippen LogP contribution is -2.54. The van der Waals surface area contributed by atoms with E-state index in [0.29, 0.717) is 11.4 Å². The number of anilines is 1. The van der Waals surface area contributed by atoms with Gasteiger partial charge in [-0.05, 0) is 31.2 Å². The Morgan fingerprint density at radius 3 is 2.48 bits per heavy atom. The second-order valence-electron chi connectivity index (χ2n) is 7.05. The van der Waals surface area contributed by atoms with Crippen LogP contribution in [0.4, 0.5) is 5.82 Å². The predicted molar refractivity (Wildman–Crippen MR) is 104 cm³/mol. The van der Waals surface area contributed by atoms with Crippen LogP contribution in [0, 0.1) is 11.3 Å². The largest absolute Gasteiger partial charge is 0.366 e. The van der Waals surface area contributed by atoms with Gasteiger partial charge in [0.25, 0.3) is 0 Å². The summed E-state index contributed by atoms with van der Waals surface area (Å²) in [4.78, 5) is 2.68. The number of aromatic nitrogens is 2. The molecule has 1 saturated heterocycles. The quantitative estimate of drug-likeness (QED) is 0.841. The van der Waals surface area contributed by atoms with Crippen LogP contribution in [0.2, 0.25) is 0 Å². The topological polar surface area (TPSA) is 64.8 Å². The van der Waals surface area contributed by atoms with E-state index in [1.54, 1.807) is 0 Å². The van der Waals surface area contributed by atoms with Crippen LogP contribution in [0.5, 0.6) is 0 Å². The lowest BCUT2D eigenvalue weighted by molar-refractivity contribution is 0.116. The van der Waals surface area contributed by atoms with Crippen molar-refractivity contribution in [2.45, 2.75) is 57.9 Å². The van der Waals surface area contributed by atoms with Gasteiger partial charge < -0.3 is 5.32 Å². The predicted octanol–water partition coefficient (Wildman–Crippen LogP) is 3.25. The number of rotatable bonds is 6. The average molecular weight is 360 g/mol. The summed E-state index contributed by atoms with van der Waals surface area (Å²) in [6.07, 6.45) is 6.74. The van der Waals surface area contributed by atoms with E-state index in [2.05, 4.69) is 52.1 Å². The number of thioether (sulfide) groups is 1. The highest BCUT2D eigenvalue weighted by molar-refractivity contribution is 7.99. The fraction of sp³-hybridized carbons (Fsp3) is 0.737. The van der Waals surface area contributed by atoms with Crippen molar-refractivity contribution in [1.29, 1.82) is 5.26 Å². The van der Waals surface area contributed by atoms with Crippen molar-refractivity contribution in [2.75, 3.05) is 36.5 Å². The minimum atomic E-state index is 0.227. The maximum absolute atomic E-state index is 9.68. The zero-order chi connectivity index (χ0) is 17.7. The molecule has 1 N–H and O–H groups in total. The Balaban J connectivity index is 1.80. The van der Waals surface area contributed by atoms with Gasteiger partial charge in [0.05, 0.1) is 5.69 Å². The van der Waals surface area contributed by atoms with Gasteiger partial charge >= 0.3 is 0 Å². The van der Waals surface area contributed by atoms with Gasteiger partial charge in [-0.3, -0.25) is 4.90 Å². The number of aryl methyl sites for hydroxylation is 1. The first-order chi connectivity index (χ1) is 12.2. The van der Waals surface area contributed by atoms with Crippen LogP contribution in [0.15, 0.2) is 0 Å². The number of nitrogens with zero attached hydrogens (tertiary/aromatic N) is 4. The fourth-order valence-corrected chi connectivity index (χ4v) is 5.24. The van der Waals surface area contributed by atoms with Gasteiger partial charge in [0.2, 0.25) is 0 Å². The molecule has 2 fully saturated rings. The highest BCUT2D eigenvalue weighted by Crippen LogP contribution is 2.37. The Bertz CT molecular complexity index is 627. The summed E-state index contributed by atoms with van der Waals surface area (Å²) in [5.41, 5.74) is 2.92. The molecule has 1 aliphatic carbocycles. The zero-order valence-electron chi connectivity index (χ0n) is 15.5. The van der Waals surface area contributed by atoms with Crippen molar-refractivity contribution < 1.29 is 0 Å². The van der Waals surface area contributed by atoms with Gasteiger partial charge in [-0.2, -0.15) is 22.1 Å². The van der Waals surface area contributed by atoms with Crippen LogP contribution in [-0.4, -0.2) is 51.8 Å². The molecule has 2 aliphatic rings. The Morgan fingerprint density at radius 1 is 1.16 bits per heavy atom. The molecule has 136 valence electrons. The minimum absolute atomic E-state index is 0.227. The molecule has 0 radical (unpaired) electrons. The number of hydrogen-bond donors (Lipinski definition) is 1. The first-order valence-electron chi connectivity index (χ1n) is 9.59. The van der Waals surface area contributed by atoms with Crippen molar-refractivity contribution in [1.82, 2.24) is 15.1 Å². The van der Waals surface area contributed by atoms with Gasteiger partial charge in [0, 0.05) is 36.7 Å². The maximum Gasteiger partial charge on any atom is 0.167 e. The number of nitriles is 1. The second kappa shape index (κ2) is 8.37. The average Bonchev–Trinajstić information content (AvgIpc) is 3.16. The molecular weight excluding hydrogens is 330 g/mol. The minimum Gasteiger partial charge on any atom is -0.366 e.